The van der Waals surface area contributed by atoms with E-state index in [0.29, 0.717) is 12.1 Å². The summed E-state index contributed by atoms with van der Waals surface area (Å²) in [6.07, 6.45) is 1.16. The average molecular weight is 313 g/mol. The lowest BCUT2D eigenvalue weighted by molar-refractivity contribution is 0.628. The average Bonchev–Trinajstić information content (AvgIpc) is 2.34. The van der Waals surface area contributed by atoms with Gasteiger partial charge in [0.05, 0.1) is 0 Å². The van der Waals surface area contributed by atoms with Crippen molar-refractivity contribution in [3.8, 4) is 0 Å². The van der Waals surface area contributed by atoms with Crippen molar-refractivity contribution < 1.29 is 0 Å². The van der Waals surface area contributed by atoms with E-state index in [1.54, 1.807) is 0 Å². The molecule has 1 rings (SSSR count). The predicted molar refractivity (Wildman–Crippen MR) is 84.4 cm³/mol. The van der Waals surface area contributed by atoms with Crippen LogP contribution in [0.2, 0.25) is 0 Å². The van der Waals surface area contributed by atoms with Crippen molar-refractivity contribution >= 4 is 21.6 Å². The van der Waals surface area contributed by atoms with Crippen molar-refractivity contribution in [1.82, 2.24) is 5.32 Å². The lowest BCUT2D eigenvalue weighted by Gasteiger charge is -2.32. The summed E-state index contributed by atoms with van der Waals surface area (Å²) in [4.78, 5) is 2.48. The molecule has 0 radical (unpaired) electrons. The highest BCUT2D eigenvalue weighted by Gasteiger charge is 2.17. The van der Waals surface area contributed by atoms with Gasteiger partial charge in [0.1, 0.15) is 0 Å². The van der Waals surface area contributed by atoms with E-state index in [9.17, 15) is 0 Å². The third-order valence-corrected chi connectivity index (χ3v) is 3.78. The molecule has 0 heterocycles. The third kappa shape index (κ3) is 3.72. The second kappa shape index (κ2) is 7.15. The highest BCUT2D eigenvalue weighted by atomic mass is 79.9. The van der Waals surface area contributed by atoms with Gasteiger partial charge in [-0.15, -0.1) is 0 Å². The van der Waals surface area contributed by atoms with Crippen LogP contribution in [0.4, 0.5) is 5.69 Å². The minimum absolute atomic E-state index is 0.367. The monoisotopic (exact) mass is 312 g/mol. The van der Waals surface area contributed by atoms with Gasteiger partial charge < -0.3 is 10.2 Å². The first-order valence-corrected chi connectivity index (χ1v) is 7.53. The minimum atomic E-state index is 0.367. The quantitative estimate of drug-likeness (QED) is 0.840. The molecule has 2 nitrogen and oxygen atoms in total. The van der Waals surface area contributed by atoms with Crippen molar-refractivity contribution in [3.63, 3.8) is 0 Å². The molecule has 0 aromatic heterocycles. The van der Waals surface area contributed by atoms with Gasteiger partial charge in [-0.2, -0.15) is 0 Å². The Morgan fingerprint density at radius 1 is 1.28 bits per heavy atom. The second-order valence-electron chi connectivity index (χ2n) is 5.00. The largest absolute Gasteiger partial charge is 0.369 e. The number of rotatable bonds is 6. The van der Waals surface area contributed by atoms with E-state index in [4.69, 9.17) is 0 Å². The van der Waals surface area contributed by atoms with E-state index in [2.05, 4.69) is 72.0 Å². The predicted octanol–water partition coefficient (Wildman–Crippen LogP) is 4.35. The van der Waals surface area contributed by atoms with Crippen LogP contribution in [0.15, 0.2) is 22.7 Å². The Morgan fingerprint density at radius 3 is 2.44 bits per heavy atom. The van der Waals surface area contributed by atoms with Crippen molar-refractivity contribution in [3.05, 3.63) is 28.2 Å². The Bertz CT molecular complexity index is 377. The van der Waals surface area contributed by atoms with Crippen LogP contribution in [0.5, 0.6) is 0 Å². The van der Waals surface area contributed by atoms with Crippen LogP contribution >= 0.6 is 15.9 Å². The first-order valence-electron chi connectivity index (χ1n) is 6.74. The summed E-state index contributed by atoms with van der Waals surface area (Å²) in [6, 6.07) is 7.45. The smallest absolute Gasteiger partial charge is 0.0428 e. The highest BCUT2D eigenvalue weighted by Crippen LogP contribution is 2.31. The molecule has 0 spiro atoms. The molecule has 1 unspecified atom stereocenters. The Kier molecular flexibility index (Phi) is 6.16. The number of anilines is 1. The van der Waals surface area contributed by atoms with Gasteiger partial charge >= 0.3 is 0 Å². The van der Waals surface area contributed by atoms with Crippen LogP contribution in [0, 0.1) is 0 Å². The molecule has 102 valence electrons. The molecule has 1 N–H and O–H groups in total. The fourth-order valence-electron chi connectivity index (χ4n) is 2.18. The van der Waals surface area contributed by atoms with Gasteiger partial charge in [-0.05, 0) is 51.9 Å². The van der Waals surface area contributed by atoms with Crippen molar-refractivity contribution in [2.75, 3.05) is 18.5 Å². The van der Waals surface area contributed by atoms with Gasteiger partial charge in [0.25, 0.3) is 0 Å². The lowest BCUT2D eigenvalue weighted by Crippen LogP contribution is -2.33. The molecule has 0 saturated heterocycles. The van der Waals surface area contributed by atoms with Gasteiger partial charge in [0, 0.05) is 28.8 Å². The maximum atomic E-state index is 3.59. The van der Waals surface area contributed by atoms with Crippen LogP contribution in [-0.2, 0) is 0 Å². The minimum Gasteiger partial charge on any atom is -0.369 e. The standard InChI is InChI=1S/C15H25BrN2/c1-6-9-18(11(2)3)15-10-13(16)7-8-14(15)12(4)17-5/h7-8,10-12,17H,6,9H2,1-5H3. The molecule has 1 aromatic carbocycles. The van der Waals surface area contributed by atoms with Crippen LogP contribution in [0.3, 0.4) is 0 Å². The summed E-state index contributed by atoms with van der Waals surface area (Å²) >= 11 is 3.59. The Morgan fingerprint density at radius 2 is 1.94 bits per heavy atom. The molecular formula is C15H25BrN2. The molecule has 0 aliphatic rings. The zero-order chi connectivity index (χ0) is 13.7. The SMILES string of the molecule is CCCN(c1cc(Br)ccc1C(C)NC)C(C)C. The Balaban J connectivity index is 3.21. The molecule has 0 amide bonds. The molecular weight excluding hydrogens is 288 g/mol. The molecule has 1 aromatic rings. The van der Waals surface area contributed by atoms with Crippen LogP contribution < -0.4 is 10.2 Å². The Labute approximate surface area is 120 Å². The number of hydrogen-bond acceptors (Lipinski definition) is 2. The topological polar surface area (TPSA) is 15.3 Å². The number of benzene rings is 1. The zero-order valence-corrected chi connectivity index (χ0v) is 13.7. The van der Waals surface area contributed by atoms with Gasteiger partial charge in [-0.1, -0.05) is 28.9 Å². The van der Waals surface area contributed by atoms with Gasteiger partial charge in [-0.3, -0.25) is 0 Å². The van der Waals surface area contributed by atoms with E-state index in [-0.39, 0.29) is 0 Å². The van der Waals surface area contributed by atoms with Gasteiger partial charge in [0.15, 0.2) is 0 Å². The number of hydrogen-bond donors (Lipinski definition) is 1. The van der Waals surface area contributed by atoms with E-state index < -0.39 is 0 Å². The summed E-state index contributed by atoms with van der Waals surface area (Å²) in [5, 5.41) is 3.34. The van der Waals surface area contributed by atoms with E-state index >= 15 is 0 Å². The maximum Gasteiger partial charge on any atom is 0.0428 e. The fraction of sp³-hybridized carbons (Fsp3) is 0.600. The zero-order valence-electron chi connectivity index (χ0n) is 12.1. The summed E-state index contributed by atoms with van der Waals surface area (Å²) in [7, 11) is 2.01. The van der Waals surface area contributed by atoms with Crippen molar-refractivity contribution in [1.29, 1.82) is 0 Å². The first kappa shape index (κ1) is 15.5. The molecule has 0 saturated carbocycles. The van der Waals surface area contributed by atoms with E-state index in [1.165, 1.54) is 11.3 Å². The van der Waals surface area contributed by atoms with Crippen LogP contribution in [0.25, 0.3) is 0 Å². The third-order valence-electron chi connectivity index (χ3n) is 3.29. The molecule has 3 heteroatoms. The summed E-state index contributed by atoms with van der Waals surface area (Å²) < 4.78 is 1.14. The van der Waals surface area contributed by atoms with Gasteiger partial charge in [-0.25, -0.2) is 0 Å². The molecule has 1 atom stereocenters. The fourth-order valence-corrected chi connectivity index (χ4v) is 2.53. The van der Waals surface area contributed by atoms with E-state index in [1.807, 2.05) is 7.05 Å². The van der Waals surface area contributed by atoms with Crippen LogP contribution in [0.1, 0.15) is 45.7 Å². The van der Waals surface area contributed by atoms with Gasteiger partial charge in [0.2, 0.25) is 0 Å². The van der Waals surface area contributed by atoms with Crippen molar-refractivity contribution in [2.45, 2.75) is 46.2 Å². The summed E-state index contributed by atoms with van der Waals surface area (Å²) in [6.45, 7) is 10.0. The lowest BCUT2D eigenvalue weighted by atomic mass is 10.0. The first-order chi connectivity index (χ1) is 8.51. The molecule has 0 aliphatic heterocycles. The van der Waals surface area contributed by atoms with Crippen LogP contribution in [-0.4, -0.2) is 19.6 Å². The second-order valence-corrected chi connectivity index (χ2v) is 5.92. The number of nitrogens with zero attached hydrogens (tertiary/aromatic N) is 1. The van der Waals surface area contributed by atoms with E-state index in [0.717, 1.165) is 17.4 Å². The Hall–Kier alpha value is -0.540. The summed E-state index contributed by atoms with van der Waals surface area (Å²) in [5.41, 5.74) is 2.70. The normalized spacial score (nSPS) is 12.8. The number of halogens is 1. The molecule has 0 bridgehead atoms. The summed E-state index contributed by atoms with van der Waals surface area (Å²) in [5.74, 6) is 0. The maximum absolute atomic E-state index is 3.59. The molecule has 0 aliphatic carbocycles. The highest BCUT2D eigenvalue weighted by molar-refractivity contribution is 9.10. The molecule has 18 heavy (non-hydrogen) atoms. The molecule has 0 fully saturated rings. The van der Waals surface area contributed by atoms with Crippen molar-refractivity contribution in [2.24, 2.45) is 0 Å². The number of nitrogens with one attached hydrogen (secondary N) is 1.